The number of hydrogen-bond acceptors (Lipinski definition) is 5. The van der Waals surface area contributed by atoms with Gasteiger partial charge in [0, 0.05) is 17.2 Å². The summed E-state index contributed by atoms with van der Waals surface area (Å²) < 4.78 is 22.7. The fourth-order valence-electron chi connectivity index (χ4n) is 2.41. The summed E-state index contributed by atoms with van der Waals surface area (Å²) in [6.07, 6.45) is 2.58. The number of rotatable bonds is 3. The van der Waals surface area contributed by atoms with Crippen molar-refractivity contribution in [2.24, 2.45) is 0 Å². The number of aryl methyl sites for hydroxylation is 1. The number of hydrogen-bond donors (Lipinski definition) is 2. The highest BCUT2D eigenvalue weighted by atomic mass is 32.2. The lowest BCUT2D eigenvalue weighted by atomic mass is 10.1. The van der Waals surface area contributed by atoms with E-state index in [1.807, 2.05) is 25.1 Å². The van der Waals surface area contributed by atoms with E-state index in [1.165, 1.54) is 12.3 Å². The second-order valence-electron chi connectivity index (χ2n) is 5.58. The van der Waals surface area contributed by atoms with Gasteiger partial charge in [0.1, 0.15) is 11.4 Å². The molecule has 0 radical (unpaired) electrons. The molecule has 1 aromatic carbocycles. The minimum atomic E-state index is -3.28. The van der Waals surface area contributed by atoms with Crippen LogP contribution in [0.2, 0.25) is 0 Å². The van der Waals surface area contributed by atoms with Gasteiger partial charge in [0.2, 0.25) is 0 Å². The molecule has 1 aliphatic rings. The molecule has 0 fully saturated rings. The van der Waals surface area contributed by atoms with Crippen molar-refractivity contribution >= 4 is 15.7 Å². The van der Waals surface area contributed by atoms with Crippen molar-refractivity contribution < 1.29 is 13.2 Å². The maximum Gasteiger partial charge on any atom is 0.264 e. The number of nitrogens with zero attached hydrogens (tertiary/aromatic N) is 1. The summed E-state index contributed by atoms with van der Waals surface area (Å²) in [4.78, 5) is 31.0. The molecule has 2 aromatic rings. The van der Waals surface area contributed by atoms with Gasteiger partial charge >= 0.3 is 0 Å². The monoisotopic (exact) mass is 345 g/mol. The number of amides is 1. The van der Waals surface area contributed by atoms with Crippen LogP contribution in [-0.2, 0) is 9.84 Å². The number of carbonyl (C=O) groups is 1. The van der Waals surface area contributed by atoms with E-state index in [0.29, 0.717) is 5.82 Å². The van der Waals surface area contributed by atoms with Crippen LogP contribution in [0.25, 0.3) is 11.4 Å². The number of sulfone groups is 1. The lowest BCUT2D eigenvalue weighted by Gasteiger charge is -2.09. The third-order valence-corrected chi connectivity index (χ3v) is 4.98. The van der Waals surface area contributed by atoms with Crippen molar-refractivity contribution in [1.82, 2.24) is 15.3 Å². The zero-order valence-corrected chi connectivity index (χ0v) is 13.6. The fourth-order valence-corrected chi connectivity index (χ4v) is 3.64. The Morgan fingerprint density at radius 2 is 2.17 bits per heavy atom. The second-order valence-corrected chi connectivity index (χ2v) is 7.51. The van der Waals surface area contributed by atoms with Crippen LogP contribution in [-0.4, -0.2) is 36.1 Å². The first-order valence-electron chi connectivity index (χ1n) is 7.22. The quantitative estimate of drug-likeness (QED) is 0.855. The van der Waals surface area contributed by atoms with Gasteiger partial charge in [0.25, 0.3) is 11.5 Å². The first-order valence-corrected chi connectivity index (χ1v) is 8.94. The normalized spacial score (nSPS) is 18.5. The van der Waals surface area contributed by atoms with Gasteiger partial charge in [-0.15, -0.1) is 0 Å². The molecule has 1 aliphatic heterocycles. The van der Waals surface area contributed by atoms with E-state index in [-0.39, 0.29) is 11.3 Å². The number of carbonyl (C=O) groups excluding carboxylic acids is 1. The molecular weight excluding hydrogens is 330 g/mol. The maximum atomic E-state index is 12.1. The summed E-state index contributed by atoms with van der Waals surface area (Å²) in [5.74, 6) is -0.499. The minimum absolute atomic E-state index is 0.163. The smallest absolute Gasteiger partial charge is 0.264 e. The van der Waals surface area contributed by atoms with Crippen LogP contribution >= 0.6 is 0 Å². The molecule has 3 rings (SSSR count). The molecule has 2 N–H and O–H groups in total. The molecular formula is C16H15N3O4S. The van der Waals surface area contributed by atoms with Crippen LogP contribution in [0.3, 0.4) is 0 Å². The Bertz CT molecular complexity index is 992. The van der Waals surface area contributed by atoms with Crippen molar-refractivity contribution in [3.63, 3.8) is 0 Å². The van der Waals surface area contributed by atoms with E-state index in [0.717, 1.165) is 16.5 Å². The predicted octanol–water partition coefficient (Wildman–Crippen LogP) is 0.786. The highest BCUT2D eigenvalue weighted by Crippen LogP contribution is 2.14. The molecule has 124 valence electrons. The molecule has 0 spiro atoms. The van der Waals surface area contributed by atoms with E-state index in [4.69, 9.17) is 0 Å². The topological polar surface area (TPSA) is 109 Å². The summed E-state index contributed by atoms with van der Waals surface area (Å²) in [7, 11) is -3.28. The lowest BCUT2D eigenvalue weighted by Crippen LogP contribution is -2.38. The molecule has 0 saturated heterocycles. The Kier molecular flexibility index (Phi) is 4.06. The van der Waals surface area contributed by atoms with E-state index in [2.05, 4.69) is 15.3 Å². The summed E-state index contributed by atoms with van der Waals surface area (Å²) in [6, 6.07) is 6.80. The number of H-pyrrole nitrogens is 1. The van der Waals surface area contributed by atoms with E-state index >= 15 is 0 Å². The molecule has 8 heteroatoms. The highest BCUT2D eigenvalue weighted by Gasteiger charge is 2.24. The molecule has 1 atom stereocenters. The zero-order valence-electron chi connectivity index (χ0n) is 12.8. The lowest BCUT2D eigenvalue weighted by molar-refractivity contribution is 0.0946. The summed E-state index contributed by atoms with van der Waals surface area (Å²) in [6.45, 7) is 1.92. The molecule has 0 saturated carbocycles. The third-order valence-electron chi connectivity index (χ3n) is 3.58. The number of aromatic nitrogens is 2. The van der Waals surface area contributed by atoms with Crippen LogP contribution in [0.5, 0.6) is 0 Å². The first-order chi connectivity index (χ1) is 11.3. The molecule has 0 aliphatic carbocycles. The summed E-state index contributed by atoms with van der Waals surface area (Å²) in [5.41, 5.74) is 1.02. The Morgan fingerprint density at radius 3 is 2.79 bits per heavy atom. The number of aromatic amines is 1. The van der Waals surface area contributed by atoms with Gasteiger partial charge in [0.05, 0.1) is 11.8 Å². The van der Waals surface area contributed by atoms with Gasteiger partial charge in [-0.1, -0.05) is 23.8 Å². The van der Waals surface area contributed by atoms with E-state index in [1.54, 1.807) is 6.07 Å². The Balaban J connectivity index is 1.81. The van der Waals surface area contributed by atoms with Crippen LogP contribution in [0.1, 0.15) is 15.9 Å². The van der Waals surface area contributed by atoms with Gasteiger partial charge in [-0.3, -0.25) is 9.59 Å². The second kappa shape index (κ2) is 6.04. The molecule has 24 heavy (non-hydrogen) atoms. The van der Waals surface area contributed by atoms with Crippen molar-refractivity contribution in [2.75, 3.05) is 5.75 Å². The SMILES string of the molecule is Cc1cccc(-c2ncc(C(=O)N[C@@H]3C=CS(=O)(=O)C3)c(=O)[nH]2)c1. The largest absolute Gasteiger partial charge is 0.345 e. The molecule has 7 nitrogen and oxygen atoms in total. The average Bonchev–Trinajstić information content (AvgIpc) is 2.85. The van der Waals surface area contributed by atoms with Crippen LogP contribution in [0.15, 0.2) is 46.7 Å². The Morgan fingerprint density at radius 1 is 1.38 bits per heavy atom. The van der Waals surface area contributed by atoms with Crippen molar-refractivity contribution in [2.45, 2.75) is 13.0 Å². The minimum Gasteiger partial charge on any atom is -0.345 e. The number of nitrogens with one attached hydrogen (secondary N) is 2. The van der Waals surface area contributed by atoms with Crippen molar-refractivity contribution in [1.29, 1.82) is 0 Å². The van der Waals surface area contributed by atoms with E-state index < -0.39 is 27.3 Å². The van der Waals surface area contributed by atoms with Crippen LogP contribution in [0, 0.1) is 6.92 Å². The third kappa shape index (κ3) is 3.43. The van der Waals surface area contributed by atoms with Gasteiger partial charge in [-0.05, 0) is 19.1 Å². The number of benzene rings is 1. The van der Waals surface area contributed by atoms with Crippen LogP contribution in [0.4, 0.5) is 0 Å². The molecule has 1 aromatic heterocycles. The van der Waals surface area contributed by atoms with Gasteiger partial charge in [0.15, 0.2) is 9.84 Å². The zero-order chi connectivity index (χ0) is 17.3. The van der Waals surface area contributed by atoms with Gasteiger partial charge in [-0.2, -0.15) is 0 Å². The fraction of sp³-hybridized carbons (Fsp3) is 0.188. The first kappa shape index (κ1) is 16.1. The van der Waals surface area contributed by atoms with Crippen molar-refractivity contribution in [3.05, 3.63) is 63.4 Å². The molecule has 0 unspecified atom stereocenters. The standard InChI is InChI=1S/C16H15N3O4S/c1-10-3-2-4-11(7-10)14-17-8-13(16(21)19-14)15(20)18-12-5-6-24(22,23)9-12/h2-8,12H,9H2,1H3,(H,18,20)(H,17,19,21)/t12-/m1/s1. The molecule has 1 amide bonds. The molecule has 2 heterocycles. The maximum absolute atomic E-state index is 12.1. The molecule has 0 bridgehead atoms. The van der Waals surface area contributed by atoms with Crippen LogP contribution < -0.4 is 10.9 Å². The summed E-state index contributed by atoms with van der Waals surface area (Å²) >= 11 is 0. The van der Waals surface area contributed by atoms with Gasteiger partial charge < -0.3 is 10.3 Å². The highest BCUT2D eigenvalue weighted by molar-refractivity contribution is 7.94. The van der Waals surface area contributed by atoms with Crippen molar-refractivity contribution in [3.8, 4) is 11.4 Å². The predicted molar refractivity (Wildman–Crippen MR) is 89.2 cm³/mol. The Labute approximate surface area is 138 Å². The average molecular weight is 345 g/mol. The van der Waals surface area contributed by atoms with E-state index in [9.17, 15) is 18.0 Å². The Hall–Kier alpha value is -2.74. The van der Waals surface area contributed by atoms with Gasteiger partial charge in [-0.25, -0.2) is 13.4 Å². The summed E-state index contributed by atoms with van der Waals surface area (Å²) in [5, 5.41) is 3.55.